The maximum atomic E-state index is 12.0. The number of carbonyl (C=O) groups is 1. The van der Waals surface area contributed by atoms with Gasteiger partial charge in [0.15, 0.2) is 0 Å². The highest BCUT2D eigenvalue weighted by Gasteiger charge is 2.31. The van der Waals surface area contributed by atoms with E-state index in [0.717, 1.165) is 31.2 Å². The number of nitrogens with zero attached hydrogens (tertiary/aromatic N) is 1. The minimum Gasteiger partial charge on any atom is -0.359 e. The molecule has 14 heavy (non-hydrogen) atoms. The average molecular weight is 216 g/mol. The van der Waals surface area contributed by atoms with Gasteiger partial charge in [-0.3, -0.25) is 10.1 Å². The zero-order chi connectivity index (χ0) is 9.97. The van der Waals surface area contributed by atoms with E-state index in [1.165, 1.54) is 0 Å². The number of thioether (sulfide) groups is 1. The van der Waals surface area contributed by atoms with Crippen molar-refractivity contribution in [2.45, 2.75) is 25.6 Å². The highest BCUT2D eigenvalue weighted by Crippen LogP contribution is 2.16. The summed E-state index contributed by atoms with van der Waals surface area (Å²) in [5, 5.41) is 3.19. The highest BCUT2D eigenvalue weighted by atomic mass is 32.2. The summed E-state index contributed by atoms with van der Waals surface area (Å²) in [6.45, 7) is 3.56. The summed E-state index contributed by atoms with van der Waals surface area (Å²) < 4.78 is 5.44. The molecule has 2 unspecified atom stereocenters. The number of nitrogens with one attached hydrogen (secondary N) is 1. The maximum Gasteiger partial charge on any atom is 0.242 e. The SMILES string of the molecule is CC1OCCCN1C(=O)C1CSCN1. The monoisotopic (exact) mass is 216 g/mol. The van der Waals surface area contributed by atoms with Gasteiger partial charge in [-0.1, -0.05) is 0 Å². The number of hydrogen-bond acceptors (Lipinski definition) is 4. The van der Waals surface area contributed by atoms with E-state index in [1.807, 2.05) is 11.8 Å². The summed E-state index contributed by atoms with van der Waals surface area (Å²) in [5.41, 5.74) is 0. The van der Waals surface area contributed by atoms with Gasteiger partial charge in [0.25, 0.3) is 0 Å². The maximum absolute atomic E-state index is 12.0. The van der Waals surface area contributed by atoms with Crippen LogP contribution < -0.4 is 5.32 Å². The number of carbonyl (C=O) groups excluding carboxylic acids is 1. The Labute approximate surface area is 88.4 Å². The van der Waals surface area contributed by atoms with Gasteiger partial charge in [0.2, 0.25) is 5.91 Å². The molecular weight excluding hydrogens is 200 g/mol. The van der Waals surface area contributed by atoms with Crippen molar-refractivity contribution in [2.75, 3.05) is 24.8 Å². The van der Waals surface area contributed by atoms with Crippen LogP contribution >= 0.6 is 11.8 Å². The van der Waals surface area contributed by atoms with Gasteiger partial charge in [-0.2, -0.15) is 0 Å². The third-order valence-electron chi connectivity index (χ3n) is 2.64. The Balaban J connectivity index is 1.94. The van der Waals surface area contributed by atoms with Crippen molar-refractivity contribution in [3.05, 3.63) is 0 Å². The van der Waals surface area contributed by atoms with Crippen molar-refractivity contribution in [3.8, 4) is 0 Å². The van der Waals surface area contributed by atoms with E-state index in [9.17, 15) is 4.79 Å². The van der Waals surface area contributed by atoms with Crippen LogP contribution in [0.2, 0.25) is 0 Å². The van der Waals surface area contributed by atoms with Crippen LogP contribution in [0.1, 0.15) is 13.3 Å². The van der Waals surface area contributed by atoms with E-state index in [2.05, 4.69) is 5.32 Å². The lowest BCUT2D eigenvalue weighted by molar-refractivity contribution is -0.153. The lowest BCUT2D eigenvalue weighted by atomic mass is 10.2. The van der Waals surface area contributed by atoms with Crippen LogP contribution in [0.3, 0.4) is 0 Å². The van der Waals surface area contributed by atoms with Crippen LogP contribution in [0.15, 0.2) is 0 Å². The first-order chi connectivity index (χ1) is 6.79. The van der Waals surface area contributed by atoms with E-state index in [1.54, 1.807) is 11.8 Å². The van der Waals surface area contributed by atoms with Crippen LogP contribution in [0.25, 0.3) is 0 Å². The second-order valence-electron chi connectivity index (χ2n) is 3.63. The summed E-state index contributed by atoms with van der Waals surface area (Å²) in [7, 11) is 0. The van der Waals surface area contributed by atoms with E-state index in [-0.39, 0.29) is 18.2 Å². The number of amides is 1. The van der Waals surface area contributed by atoms with Gasteiger partial charge in [-0.05, 0) is 13.3 Å². The topological polar surface area (TPSA) is 41.6 Å². The Morgan fingerprint density at radius 3 is 3.14 bits per heavy atom. The van der Waals surface area contributed by atoms with E-state index >= 15 is 0 Å². The molecule has 2 fully saturated rings. The number of hydrogen-bond donors (Lipinski definition) is 1. The fraction of sp³-hybridized carbons (Fsp3) is 0.889. The normalized spacial score (nSPS) is 33.4. The molecule has 0 spiro atoms. The molecule has 1 amide bonds. The van der Waals surface area contributed by atoms with Crippen molar-refractivity contribution in [2.24, 2.45) is 0 Å². The molecule has 2 heterocycles. The highest BCUT2D eigenvalue weighted by molar-refractivity contribution is 7.99. The summed E-state index contributed by atoms with van der Waals surface area (Å²) in [6, 6.07) is 0.00384. The van der Waals surface area contributed by atoms with Crippen molar-refractivity contribution in [3.63, 3.8) is 0 Å². The molecule has 2 aliphatic rings. The molecule has 0 radical (unpaired) electrons. The summed E-state index contributed by atoms with van der Waals surface area (Å²) in [6.07, 6.45) is 0.902. The molecule has 0 saturated carbocycles. The van der Waals surface area contributed by atoms with Crippen molar-refractivity contribution >= 4 is 17.7 Å². The second kappa shape index (κ2) is 4.51. The van der Waals surface area contributed by atoms with Gasteiger partial charge in [0.05, 0.1) is 12.6 Å². The van der Waals surface area contributed by atoms with Gasteiger partial charge in [-0.25, -0.2) is 0 Å². The van der Waals surface area contributed by atoms with Crippen LogP contribution in [0.5, 0.6) is 0 Å². The smallest absolute Gasteiger partial charge is 0.242 e. The molecule has 2 rings (SSSR count). The third kappa shape index (κ3) is 2.04. The molecule has 1 N–H and O–H groups in total. The second-order valence-corrected chi connectivity index (χ2v) is 4.66. The van der Waals surface area contributed by atoms with Crippen molar-refractivity contribution < 1.29 is 9.53 Å². The first-order valence-electron chi connectivity index (χ1n) is 5.02. The summed E-state index contributed by atoms with van der Waals surface area (Å²) in [4.78, 5) is 13.8. The van der Waals surface area contributed by atoms with Gasteiger partial charge in [0.1, 0.15) is 6.23 Å². The molecule has 0 aliphatic carbocycles. The largest absolute Gasteiger partial charge is 0.359 e. The molecule has 2 saturated heterocycles. The van der Waals surface area contributed by atoms with E-state index in [4.69, 9.17) is 4.74 Å². The third-order valence-corrected chi connectivity index (χ3v) is 3.58. The van der Waals surface area contributed by atoms with Crippen LogP contribution in [-0.4, -0.2) is 47.9 Å². The van der Waals surface area contributed by atoms with Gasteiger partial charge < -0.3 is 9.64 Å². The molecule has 5 heteroatoms. The zero-order valence-corrected chi connectivity index (χ0v) is 9.18. The summed E-state index contributed by atoms with van der Waals surface area (Å²) >= 11 is 1.78. The van der Waals surface area contributed by atoms with E-state index < -0.39 is 0 Å². The fourth-order valence-corrected chi connectivity index (χ4v) is 2.74. The Morgan fingerprint density at radius 1 is 1.64 bits per heavy atom. The van der Waals surface area contributed by atoms with Gasteiger partial charge >= 0.3 is 0 Å². The molecule has 0 aromatic carbocycles. The minimum atomic E-state index is -0.0522. The molecule has 80 valence electrons. The molecule has 4 nitrogen and oxygen atoms in total. The first kappa shape index (κ1) is 10.3. The quantitative estimate of drug-likeness (QED) is 0.682. The predicted molar refractivity (Wildman–Crippen MR) is 56.0 cm³/mol. The fourth-order valence-electron chi connectivity index (χ4n) is 1.80. The Morgan fingerprint density at radius 2 is 2.50 bits per heavy atom. The van der Waals surface area contributed by atoms with Crippen LogP contribution in [-0.2, 0) is 9.53 Å². The van der Waals surface area contributed by atoms with Crippen molar-refractivity contribution in [1.29, 1.82) is 0 Å². The standard InChI is InChI=1S/C9H16N2O2S/c1-7-11(3-2-4-13-7)9(12)8-5-14-6-10-8/h7-8,10H,2-6H2,1H3. The van der Waals surface area contributed by atoms with E-state index in [0.29, 0.717) is 0 Å². The molecule has 0 aromatic rings. The van der Waals surface area contributed by atoms with Gasteiger partial charge in [0, 0.05) is 18.2 Å². The van der Waals surface area contributed by atoms with Crippen molar-refractivity contribution in [1.82, 2.24) is 10.2 Å². The molecule has 0 aromatic heterocycles. The lowest BCUT2D eigenvalue weighted by Gasteiger charge is -2.34. The zero-order valence-electron chi connectivity index (χ0n) is 8.36. The molecule has 2 atom stereocenters. The lowest BCUT2D eigenvalue weighted by Crippen LogP contribution is -2.51. The Bertz CT molecular complexity index is 219. The Hall–Kier alpha value is -0.260. The van der Waals surface area contributed by atoms with Crippen LogP contribution in [0.4, 0.5) is 0 Å². The molecular formula is C9H16N2O2S. The predicted octanol–water partition coefficient (Wildman–Crippen LogP) is 0.244. The molecule has 2 aliphatic heterocycles. The Kier molecular flexibility index (Phi) is 3.30. The molecule has 0 bridgehead atoms. The van der Waals surface area contributed by atoms with Gasteiger partial charge in [-0.15, -0.1) is 11.8 Å². The first-order valence-corrected chi connectivity index (χ1v) is 6.18. The van der Waals surface area contributed by atoms with Crippen LogP contribution in [0, 0.1) is 0 Å². The minimum absolute atomic E-state index is 0.00384. The average Bonchev–Trinajstić information content (AvgIpc) is 2.70. The number of rotatable bonds is 1. The number of ether oxygens (including phenoxy) is 1. The summed E-state index contributed by atoms with van der Waals surface area (Å²) in [5.74, 6) is 1.98.